The molecule has 0 saturated heterocycles. The highest BCUT2D eigenvalue weighted by atomic mass is 15.2. The average molecular weight is 415 g/mol. The molecule has 0 saturated carbocycles. The van der Waals surface area contributed by atoms with Crippen molar-refractivity contribution in [3.63, 3.8) is 0 Å². The van der Waals surface area contributed by atoms with E-state index in [2.05, 4.69) is 30.6 Å². The Balaban J connectivity index is 1.51. The van der Waals surface area contributed by atoms with Crippen LogP contribution in [0.25, 0.3) is 0 Å². The van der Waals surface area contributed by atoms with Crippen molar-refractivity contribution in [2.24, 2.45) is 11.7 Å². The average Bonchev–Trinajstić information content (AvgIpc) is 3.03. The molecule has 1 heterocycles. The maximum Gasteiger partial charge on any atom is 0.0403 e. The highest BCUT2D eigenvalue weighted by molar-refractivity contribution is 5.42. The minimum atomic E-state index is 0.597. The second-order valence-corrected chi connectivity index (χ2v) is 9.57. The fraction of sp³-hybridized carbons (Fsp3) is 0.786. The van der Waals surface area contributed by atoms with E-state index in [1.165, 1.54) is 121 Å². The van der Waals surface area contributed by atoms with E-state index in [4.69, 9.17) is 5.73 Å². The lowest BCUT2D eigenvalue weighted by atomic mass is 9.88. The molecule has 2 heteroatoms. The van der Waals surface area contributed by atoms with Gasteiger partial charge in [0.25, 0.3) is 0 Å². The second kappa shape index (κ2) is 15.7. The van der Waals surface area contributed by atoms with Gasteiger partial charge in [0, 0.05) is 23.9 Å². The molecule has 2 nitrogen and oxygen atoms in total. The van der Waals surface area contributed by atoms with Gasteiger partial charge in [-0.25, -0.2) is 0 Å². The van der Waals surface area contributed by atoms with Crippen LogP contribution >= 0.6 is 0 Å². The van der Waals surface area contributed by atoms with Crippen LogP contribution in [-0.4, -0.2) is 18.0 Å². The van der Waals surface area contributed by atoms with E-state index in [-0.39, 0.29) is 0 Å². The molecule has 2 rings (SSSR count). The van der Waals surface area contributed by atoms with Crippen LogP contribution in [0.1, 0.15) is 122 Å². The number of allylic oxidation sites excluding steroid dienone is 3. The fourth-order valence-corrected chi connectivity index (χ4v) is 5.23. The minimum Gasteiger partial charge on any atom is -0.345 e. The summed E-state index contributed by atoms with van der Waals surface area (Å²) in [4.78, 5) is 2.46. The van der Waals surface area contributed by atoms with Gasteiger partial charge in [-0.05, 0) is 43.9 Å². The molecule has 0 aromatic heterocycles. The lowest BCUT2D eigenvalue weighted by molar-refractivity contribution is 0.414. The van der Waals surface area contributed by atoms with Crippen molar-refractivity contribution in [1.82, 2.24) is 4.90 Å². The van der Waals surface area contributed by atoms with Crippen molar-refractivity contribution in [3.8, 4) is 0 Å². The lowest BCUT2D eigenvalue weighted by Crippen LogP contribution is -2.22. The van der Waals surface area contributed by atoms with E-state index >= 15 is 0 Å². The molecule has 1 aliphatic carbocycles. The monoisotopic (exact) mass is 414 g/mol. The topological polar surface area (TPSA) is 29.3 Å². The first kappa shape index (κ1) is 25.2. The van der Waals surface area contributed by atoms with Crippen molar-refractivity contribution in [3.05, 3.63) is 35.7 Å². The maximum absolute atomic E-state index is 5.76. The van der Waals surface area contributed by atoms with Crippen LogP contribution in [0, 0.1) is 5.92 Å². The van der Waals surface area contributed by atoms with Crippen LogP contribution in [0.2, 0.25) is 0 Å². The van der Waals surface area contributed by atoms with Gasteiger partial charge in [0.05, 0.1) is 0 Å². The quantitative estimate of drug-likeness (QED) is 0.229. The summed E-state index contributed by atoms with van der Waals surface area (Å²) in [5.74, 6) is 0.597. The minimum absolute atomic E-state index is 0.597. The molecule has 0 radical (unpaired) electrons. The maximum atomic E-state index is 5.76. The molecular weight excluding hydrogens is 364 g/mol. The molecule has 0 aromatic carbocycles. The van der Waals surface area contributed by atoms with Gasteiger partial charge in [0.2, 0.25) is 0 Å². The third-order valence-electron chi connectivity index (χ3n) is 7.08. The molecule has 2 N–H and O–H groups in total. The summed E-state index contributed by atoms with van der Waals surface area (Å²) >= 11 is 0. The van der Waals surface area contributed by atoms with E-state index in [1.54, 1.807) is 5.57 Å². The number of hydrogen-bond acceptors (Lipinski definition) is 2. The van der Waals surface area contributed by atoms with Gasteiger partial charge in [-0.3, -0.25) is 0 Å². The third-order valence-corrected chi connectivity index (χ3v) is 7.08. The SMILES string of the molecule is C=C1C(CCCCCCCCCCCCCCCC)C2=C(C=CCC2)N1CCCN. The summed E-state index contributed by atoms with van der Waals surface area (Å²) in [5.41, 5.74) is 10.2. The first-order chi connectivity index (χ1) is 14.8. The first-order valence-electron chi connectivity index (χ1n) is 13.4. The number of unbranched alkanes of at least 4 members (excludes halogenated alkanes) is 13. The summed E-state index contributed by atoms with van der Waals surface area (Å²) in [6.45, 7) is 8.58. The first-order valence-corrected chi connectivity index (χ1v) is 13.4. The van der Waals surface area contributed by atoms with Crippen molar-refractivity contribution < 1.29 is 0 Å². The predicted octanol–water partition coefficient (Wildman–Crippen LogP) is 8.26. The van der Waals surface area contributed by atoms with Gasteiger partial charge in [-0.1, -0.05) is 109 Å². The van der Waals surface area contributed by atoms with Crippen LogP contribution in [0.3, 0.4) is 0 Å². The molecule has 0 amide bonds. The van der Waals surface area contributed by atoms with Crippen molar-refractivity contribution in [2.75, 3.05) is 13.1 Å². The largest absolute Gasteiger partial charge is 0.345 e. The zero-order valence-corrected chi connectivity index (χ0v) is 20.1. The van der Waals surface area contributed by atoms with Gasteiger partial charge in [-0.2, -0.15) is 0 Å². The summed E-state index contributed by atoms with van der Waals surface area (Å²) in [6, 6.07) is 0. The molecule has 0 bridgehead atoms. The number of nitrogens with zero attached hydrogens (tertiary/aromatic N) is 1. The predicted molar refractivity (Wildman–Crippen MR) is 133 cm³/mol. The number of rotatable bonds is 18. The van der Waals surface area contributed by atoms with E-state index < -0.39 is 0 Å². The molecule has 0 fully saturated rings. The molecule has 172 valence electrons. The molecule has 1 aliphatic heterocycles. The van der Waals surface area contributed by atoms with Gasteiger partial charge >= 0.3 is 0 Å². The van der Waals surface area contributed by atoms with E-state index in [0.717, 1.165) is 19.5 Å². The standard InChI is InChI=1S/C28H50N2/c1-3-4-5-6-7-8-9-10-11-12-13-14-15-16-20-26-25(2)30(24-19-23-29)28-22-18-17-21-27(26)28/h18,22,26H,2-17,19-21,23-24,29H2,1H3. The molecule has 30 heavy (non-hydrogen) atoms. The van der Waals surface area contributed by atoms with Crippen LogP contribution < -0.4 is 5.73 Å². The Morgan fingerprint density at radius 1 is 0.867 bits per heavy atom. The highest BCUT2D eigenvalue weighted by Crippen LogP contribution is 2.43. The normalized spacial score (nSPS) is 18.5. The second-order valence-electron chi connectivity index (χ2n) is 9.57. The fourth-order valence-electron chi connectivity index (χ4n) is 5.23. The molecular formula is C28H50N2. The lowest BCUT2D eigenvalue weighted by Gasteiger charge is -2.24. The van der Waals surface area contributed by atoms with E-state index in [9.17, 15) is 0 Å². The smallest absolute Gasteiger partial charge is 0.0403 e. The van der Waals surface area contributed by atoms with E-state index in [0.29, 0.717) is 5.92 Å². The molecule has 1 atom stereocenters. The molecule has 0 spiro atoms. The highest BCUT2D eigenvalue weighted by Gasteiger charge is 2.33. The van der Waals surface area contributed by atoms with Crippen LogP contribution in [0.15, 0.2) is 35.7 Å². The van der Waals surface area contributed by atoms with Crippen LogP contribution in [0.4, 0.5) is 0 Å². The van der Waals surface area contributed by atoms with Gasteiger partial charge < -0.3 is 10.6 Å². The molecule has 0 aromatic rings. The summed E-state index contributed by atoms with van der Waals surface area (Å²) in [7, 11) is 0. The summed E-state index contributed by atoms with van der Waals surface area (Å²) in [6.07, 6.45) is 29.5. The Bertz CT molecular complexity index is 531. The Kier molecular flexibility index (Phi) is 13.2. The van der Waals surface area contributed by atoms with Crippen molar-refractivity contribution in [2.45, 2.75) is 122 Å². The van der Waals surface area contributed by atoms with E-state index in [1.807, 2.05) is 0 Å². The van der Waals surface area contributed by atoms with Gasteiger partial charge in [0.1, 0.15) is 0 Å². The third kappa shape index (κ3) is 8.61. The Morgan fingerprint density at radius 3 is 2.00 bits per heavy atom. The van der Waals surface area contributed by atoms with Crippen LogP contribution in [0.5, 0.6) is 0 Å². The summed E-state index contributed by atoms with van der Waals surface area (Å²) in [5, 5.41) is 0. The Labute approximate surface area is 188 Å². The van der Waals surface area contributed by atoms with Crippen molar-refractivity contribution >= 4 is 0 Å². The molecule has 2 aliphatic rings. The van der Waals surface area contributed by atoms with Crippen LogP contribution in [-0.2, 0) is 0 Å². The van der Waals surface area contributed by atoms with Gasteiger partial charge in [-0.15, -0.1) is 0 Å². The zero-order valence-electron chi connectivity index (χ0n) is 20.1. The van der Waals surface area contributed by atoms with Gasteiger partial charge in [0.15, 0.2) is 0 Å². The summed E-state index contributed by atoms with van der Waals surface area (Å²) < 4.78 is 0. The Morgan fingerprint density at radius 2 is 1.43 bits per heavy atom. The number of hydrogen-bond donors (Lipinski definition) is 1. The van der Waals surface area contributed by atoms with Crippen molar-refractivity contribution in [1.29, 1.82) is 0 Å². The zero-order chi connectivity index (χ0) is 21.4. The Hall–Kier alpha value is -1.02. The molecule has 1 unspecified atom stereocenters. The number of nitrogens with two attached hydrogens (primary N) is 1.